The van der Waals surface area contributed by atoms with E-state index in [1.165, 1.54) is 0 Å². The lowest BCUT2D eigenvalue weighted by molar-refractivity contribution is 0.676. The molecular formula is C14H17N5O. The molecule has 1 aliphatic rings. The summed E-state index contributed by atoms with van der Waals surface area (Å²) < 4.78 is 0. The Bertz CT molecular complexity index is 681. The molecule has 0 aliphatic carbocycles. The fourth-order valence-electron chi connectivity index (χ4n) is 2.72. The van der Waals surface area contributed by atoms with Gasteiger partial charge in [0.2, 0.25) is 0 Å². The van der Waals surface area contributed by atoms with Crippen LogP contribution in [0.4, 0.5) is 5.82 Å². The van der Waals surface area contributed by atoms with Crippen LogP contribution in [0.3, 0.4) is 0 Å². The number of aromatic nitrogens is 4. The van der Waals surface area contributed by atoms with E-state index in [0.29, 0.717) is 5.82 Å². The third-order valence-electron chi connectivity index (χ3n) is 3.56. The highest BCUT2D eigenvalue weighted by Gasteiger charge is 2.28. The van der Waals surface area contributed by atoms with Crippen molar-refractivity contribution in [3.05, 3.63) is 46.0 Å². The van der Waals surface area contributed by atoms with Crippen LogP contribution in [0.1, 0.15) is 36.1 Å². The molecule has 1 aliphatic heterocycles. The van der Waals surface area contributed by atoms with E-state index in [9.17, 15) is 4.79 Å². The molecule has 0 amide bonds. The summed E-state index contributed by atoms with van der Waals surface area (Å²) >= 11 is 0. The largest absolute Gasteiger partial charge is 0.348 e. The Hall–Kier alpha value is -2.24. The van der Waals surface area contributed by atoms with Crippen molar-refractivity contribution in [1.82, 2.24) is 19.9 Å². The molecule has 6 heteroatoms. The van der Waals surface area contributed by atoms with Gasteiger partial charge in [-0.05, 0) is 26.7 Å². The summed E-state index contributed by atoms with van der Waals surface area (Å²) in [5, 5.41) is 0. The van der Waals surface area contributed by atoms with Gasteiger partial charge in [0.15, 0.2) is 0 Å². The maximum absolute atomic E-state index is 11.6. The molecule has 1 atom stereocenters. The summed E-state index contributed by atoms with van der Waals surface area (Å²) in [4.78, 5) is 29.5. The normalized spacial score (nSPS) is 18.5. The van der Waals surface area contributed by atoms with Gasteiger partial charge in [0.05, 0.1) is 11.7 Å². The van der Waals surface area contributed by atoms with Crippen LogP contribution in [0.15, 0.2) is 23.3 Å². The molecular weight excluding hydrogens is 254 g/mol. The van der Waals surface area contributed by atoms with Crippen molar-refractivity contribution in [3.8, 4) is 0 Å². The minimum atomic E-state index is -0.0989. The van der Waals surface area contributed by atoms with Crippen LogP contribution in [-0.2, 0) is 0 Å². The minimum Gasteiger partial charge on any atom is -0.348 e. The molecule has 0 saturated carbocycles. The molecule has 1 fully saturated rings. The van der Waals surface area contributed by atoms with Gasteiger partial charge in [-0.3, -0.25) is 4.79 Å². The average Bonchev–Trinajstić information content (AvgIpc) is 2.86. The van der Waals surface area contributed by atoms with E-state index in [2.05, 4.69) is 24.8 Å². The van der Waals surface area contributed by atoms with E-state index < -0.39 is 0 Å². The molecule has 0 aromatic carbocycles. The van der Waals surface area contributed by atoms with Crippen molar-refractivity contribution in [2.24, 2.45) is 0 Å². The summed E-state index contributed by atoms with van der Waals surface area (Å²) in [6, 6.07) is 3.67. The number of anilines is 1. The Labute approximate surface area is 116 Å². The first-order valence-electron chi connectivity index (χ1n) is 6.76. The molecule has 0 bridgehead atoms. The van der Waals surface area contributed by atoms with E-state index in [1.54, 1.807) is 19.3 Å². The van der Waals surface area contributed by atoms with Gasteiger partial charge >= 0.3 is 0 Å². The molecule has 3 rings (SSSR count). The number of H-pyrrole nitrogens is 1. The molecule has 0 spiro atoms. The van der Waals surface area contributed by atoms with Crippen molar-refractivity contribution in [2.75, 3.05) is 11.4 Å². The topological polar surface area (TPSA) is 74.8 Å². The summed E-state index contributed by atoms with van der Waals surface area (Å²) in [6.07, 6.45) is 3.64. The van der Waals surface area contributed by atoms with Crippen LogP contribution in [0, 0.1) is 13.8 Å². The Morgan fingerprint density at radius 1 is 1.30 bits per heavy atom. The zero-order valence-electron chi connectivity index (χ0n) is 11.6. The Balaban J connectivity index is 1.98. The highest BCUT2D eigenvalue weighted by Crippen LogP contribution is 2.33. The molecule has 0 unspecified atom stereocenters. The van der Waals surface area contributed by atoms with Crippen molar-refractivity contribution < 1.29 is 0 Å². The first-order chi connectivity index (χ1) is 9.63. The number of hydrogen-bond acceptors (Lipinski definition) is 5. The molecule has 2 aromatic heterocycles. The number of rotatable bonds is 2. The zero-order valence-corrected chi connectivity index (χ0v) is 11.6. The number of nitrogens with zero attached hydrogens (tertiary/aromatic N) is 4. The maximum Gasteiger partial charge on any atom is 0.251 e. The van der Waals surface area contributed by atoms with Crippen molar-refractivity contribution in [1.29, 1.82) is 0 Å². The number of aromatic amines is 1. The van der Waals surface area contributed by atoms with Gasteiger partial charge in [-0.15, -0.1) is 0 Å². The first-order valence-corrected chi connectivity index (χ1v) is 6.76. The van der Waals surface area contributed by atoms with E-state index in [4.69, 9.17) is 0 Å². The second-order valence-corrected chi connectivity index (χ2v) is 5.12. The minimum absolute atomic E-state index is 0.0989. The number of hydrogen-bond donors (Lipinski definition) is 1. The second-order valence-electron chi connectivity index (χ2n) is 5.12. The lowest BCUT2D eigenvalue weighted by atomic mass is 10.1. The molecule has 2 aromatic rings. The third kappa shape index (κ3) is 2.41. The van der Waals surface area contributed by atoms with E-state index in [1.807, 2.05) is 13.0 Å². The third-order valence-corrected chi connectivity index (χ3v) is 3.56. The molecule has 6 nitrogen and oxygen atoms in total. The smallest absolute Gasteiger partial charge is 0.251 e. The maximum atomic E-state index is 11.6. The van der Waals surface area contributed by atoms with Crippen LogP contribution in [0.5, 0.6) is 0 Å². The predicted molar refractivity (Wildman–Crippen MR) is 75.7 cm³/mol. The van der Waals surface area contributed by atoms with Crippen LogP contribution in [-0.4, -0.2) is 26.5 Å². The average molecular weight is 271 g/mol. The highest BCUT2D eigenvalue weighted by molar-refractivity contribution is 5.43. The van der Waals surface area contributed by atoms with Gasteiger partial charge in [0.25, 0.3) is 5.56 Å². The second kappa shape index (κ2) is 5.03. The lowest BCUT2D eigenvalue weighted by Gasteiger charge is -2.25. The summed E-state index contributed by atoms with van der Waals surface area (Å²) in [5.74, 6) is 1.55. The van der Waals surface area contributed by atoms with E-state index >= 15 is 0 Å². The van der Waals surface area contributed by atoms with E-state index in [0.717, 1.165) is 36.6 Å². The van der Waals surface area contributed by atoms with Gasteiger partial charge in [0.1, 0.15) is 18.0 Å². The Morgan fingerprint density at radius 2 is 2.15 bits per heavy atom. The Morgan fingerprint density at radius 3 is 2.90 bits per heavy atom. The first kappa shape index (κ1) is 12.8. The van der Waals surface area contributed by atoms with Crippen molar-refractivity contribution in [3.63, 3.8) is 0 Å². The van der Waals surface area contributed by atoms with Crippen LogP contribution >= 0.6 is 0 Å². The van der Waals surface area contributed by atoms with E-state index in [-0.39, 0.29) is 11.6 Å². The van der Waals surface area contributed by atoms with Crippen molar-refractivity contribution in [2.45, 2.75) is 32.7 Å². The van der Waals surface area contributed by atoms with Crippen LogP contribution in [0.25, 0.3) is 0 Å². The molecule has 1 N–H and O–H groups in total. The zero-order chi connectivity index (χ0) is 14.1. The molecule has 20 heavy (non-hydrogen) atoms. The monoisotopic (exact) mass is 271 g/mol. The number of nitrogens with one attached hydrogen (secondary N) is 1. The standard InChI is InChI=1S/C14H17N5O/c1-9-6-13(16-8-15-9)19-5-3-4-12(19)11-7-14(20)18-10(2)17-11/h6-8,12H,3-5H2,1-2H3,(H,17,18,20)/t12-/m1/s1. The fourth-order valence-corrected chi connectivity index (χ4v) is 2.72. The SMILES string of the molecule is Cc1cc(N2CCC[C@@H]2c2cc(=O)[nH]c(C)n2)ncn1. The van der Waals surface area contributed by atoms with Gasteiger partial charge in [0, 0.05) is 24.4 Å². The van der Waals surface area contributed by atoms with Gasteiger partial charge in [-0.1, -0.05) is 0 Å². The Kier molecular flexibility index (Phi) is 3.22. The highest BCUT2D eigenvalue weighted by atomic mass is 16.1. The van der Waals surface area contributed by atoms with Crippen LogP contribution in [0.2, 0.25) is 0 Å². The molecule has 104 valence electrons. The van der Waals surface area contributed by atoms with Gasteiger partial charge in [-0.2, -0.15) is 0 Å². The van der Waals surface area contributed by atoms with Gasteiger partial charge < -0.3 is 9.88 Å². The fraction of sp³-hybridized carbons (Fsp3) is 0.429. The molecule has 0 radical (unpaired) electrons. The van der Waals surface area contributed by atoms with Gasteiger partial charge in [-0.25, -0.2) is 15.0 Å². The molecule has 1 saturated heterocycles. The lowest BCUT2D eigenvalue weighted by Crippen LogP contribution is -2.26. The summed E-state index contributed by atoms with van der Waals surface area (Å²) in [6.45, 7) is 4.68. The summed E-state index contributed by atoms with van der Waals surface area (Å²) in [5.41, 5.74) is 1.66. The predicted octanol–water partition coefficient (Wildman–Crippen LogP) is 1.52. The summed E-state index contributed by atoms with van der Waals surface area (Å²) in [7, 11) is 0. The van der Waals surface area contributed by atoms with Crippen LogP contribution < -0.4 is 10.5 Å². The number of aryl methyl sites for hydroxylation is 2. The molecule has 3 heterocycles. The van der Waals surface area contributed by atoms with Crippen molar-refractivity contribution >= 4 is 5.82 Å². The quantitative estimate of drug-likeness (QED) is 0.896.